The summed E-state index contributed by atoms with van der Waals surface area (Å²) in [5.41, 5.74) is 0.415. The van der Waals surface area contributed by atoms with Gasteiger partial charge < -0.3 is 5.11 Å². The molecule has 1 unspecified atom stereocenters. The topological polar surface area (TPSA) is 36.4 Å². The first-order valence-corrected chi connectivity index (χ1v) is 5.49. The first-order valence-electron chi connectivity index (χ1n) is 5.11. The highest BCUT2D eigenvalue weighted by molar-refractivity contribution is 6.29. The van der Waals surface area contributed by atoms with E-state index in [9.17, 15) is 5.11 Å². The molecule has 1 aromatic heterocycles. The van der Waals surface area contributed by atoms with Crippen LogP contribution in [0.5, 0.6) is 0 Å². The van der Waals surface area contributed by atoms with Crippen molar-refractivity contribution in [1.82, 2.24) is 9.88 Å². The molecule has 1 aromatic rings. The van der Waals surface area contributed by atoms with Crippen LogP contribution in [0, 0.1) is 0 Å². The Hall–Kier alpha value is -0.640. The normalized spacial score (nSPS) is 27.1. The molecule has 2 rings (SSSR count). The van der Waals surface area contributed by atoms with Crippen LogP contribution in [-0.4, -0.2) is 33.7 Å². The maximum atomic E-state index is 9.81. The molecule has 1 aliphatic rings. The molecule has 1 saturated heterocycles. The predicted molar refractivity (Wildman–Crippen MR) is 59.8 cm³/mol. The Labute approximate surface area is 94.7 Å². The second kappa shape index (κ2) is 4.08. The number of hydrogen-bond acceptors (Lipinski definition) is 3. The van der Waals surface area contributed by atoms with E-state index in [2.05, 4.69) is 9.88 Å². The van der Waals surface area contributed by atoms with Crippen molar-refractivity contribution < 1.29 is 5.11 Å². The van der Waals surface area contributed by atoms with Crippen molar-refractivity contribution in [3.05, 3.63) is 29.0 Å². The molecule has 0 aliphatic carbocycles. The Morgan fingerprint density at radius 2 is 2.40 bits per heavy atom. The fraction of sp³-hybridized carbons (Fsp3) is 0.545. The van der Waals surface area contributed by atoms with Crippen molar-refractivity contribution in [2.75, 3.05) is 13.1 Å². The summed E-state index contributed by atoms with van der Waals surface area (Å²) >= 11 is 5.81. The Balaban J connectivity index is 1.99. The Bertz CT molecular complexity index is 354. The molecule has 1 aliphatic heterocycles. The minimum atomic E-state index is -0.543. The van der Waals surface area contributed by atoms with Crippen LogP contribution in [0.15, 0.2) is 18.2 Å². The number of aromatic nitrogens is 1. The molecule has 0 radical (unpaired) electrons. The summed E-state index contributed by atoms with van der Waals surface area (Å²) in [6, 6.07) is 5.63. The number of β-amino-alcohol motifs (C(OH)–C–C–N with tert-alkyl or cyclic N) is 1. The Morgan fingerprint density at radius 1 is 1.60 bits per heavy atom. The van der Waals surface area contributed by atoms with Gasteiger partial charge in [-0.25, -0.2) is 4.98 Å². The summed E-state index contributed by atoms with van der Waals surface area (Å²) in [7, 11) is 0. The minimum Gasteiger partial charge on any atom is -0.389 e. The third-order valence-corrected chi connectivity index (χ3v) is 2.90. The quantitative estimate of drug-likeness (QED) is 0.780. The van der Waals surface area contributed by atoms with Gasteiger partial charge in [0.1, 0.15) is 5.15 Å². The molecule has 0 bridgehead atoms. The molecule has 2 heterocycles. The largest absolute Gasteiger partial charge is 0.389 e. The fourth-order valence-corrected chi connectivity index (χ4v) is 2.12. The molecule has 0 amide bonds. The van der Waals surface area contributed by atoms with Crippen LogP contribution in [0.1, 0.15) is 19.0 Å². The molecule has 3 nitrogen and oxygen atoms in total. The number of likely N-dealkylation sites (tertiary alicyclic amines) is 1. The first-order chi connectivity index (χ1) is 7.05. The third-order valence-electron chi connectivity index (χ3n) is 2.69. The highest BCUT2D eigenvalue weighted by Gasteiger charge is 2.31. The lowest BCUT2D eigenvalue weighted by atomic mass is 10.1. The van der Waals surface area contributed by atoms with Crippen LogP contribution in [-0.2, 0) is 6.54 Å². The van der Waals surface area contributed by atoms with Crippen LogP contribution in [0.3, 0.4) is 0 Å². The van der Waals surface area contributed by atoms with E-state index in [1.807, 2.05) is 19.1 Å². The van der Waals surface area contributed by atoms with Crippen LogP contribution in [0.2, 0.25) is 5.15 Å². The number of hydrogen-bond donors (Lipinski definition) is 1. The number of nitrogens with zero attached hydrogens (tertiary/aromatic N) is 2. The lowest BCUT2D eigenvalue weighted by molar-refractivity contribution is 0.0677. The zero-order chi connectivity index (χ0) is 10.9. The zero-order valence-electron chi connectivity index (χ0n) is 8.78. The summed E-state index contributed by atoms with van der Waals surface area (Å²) in [5, 5.41) is 10.3. The monoisotopic (exact) mass is 226 g/mol. The number of rotatable bonds is 2. The van der Waals surface area contributed by atoms with Gasteiger partial charge in [-0.2, -0.15) is 0 Å². The molecular formula is C11H15ClN2O. The van der Waals surface area contributed by atoms with E-state index < -0.39 is 5.60 Å². The van der Waals surface area contributed by atoms with E-state index in [0.717, 1.165) is 25.2 Å². The summed E-state index contributed by atoms with van der Waals surface area (Å²) in [6.07, 6.45) is 0.827. The lowest BCUT2D eigenvalue weighted by Crippen LogP contribution is -2.29. The minimum absolute atomic E-state index is 0.526. The molecule has 0 spiro atoms. The van der Waals surface area contributed by atoms with Crippen LogP contribution >= 0.6 is 11.6 Å². The smallest absolute Gasteiger partial charge is 0.129 e. The highest BCUT2D eigenvalue weighted by atomic mass is 35.5. The van der Waals surface area contributed by atoms with Crippen molar-refractivity contribution >= 4 is 11.6 Å². The number of halogens is 1. The maximum Gasteiger partial charge on any atom is 0.129 e. The van der Waals surface area contributed by atoms with Gasteiger partial charge in [-0.05, 0) is 25.5 Å². The predicted octanol–water partition coefficient (Wildman–Crippen LogP) is 1.69. The SMILES string of the molecule is CC1(O)CCN(Cc2cccc(Cl)n2)C1. The molecule has 1 atom stereocenters. The van der Waals surface area contributed by atoms with Crippen molar-refractivity contribution in [3.63, 3.8) is 0 Å². The molecule has 82 valence electrons. The highest BCUT2D eigenvalue weighted by Crippen LogP contribution is 2.21. The molecule has 0 saturated carbocycles. The Morgan fingerprint density at radius 3 is 3.00 bits per heavy atom. The van der Waals surface area contributed by atoms with Gasteiger partial charge in [0.2, 0.25) is 0 Å². The van der Waals surface area contributed by atoms with E-state index in [1.54, 1.807) is 6.07 Å². The van der Waals surface area contributed by atoms with Crippen LogP contribution in [0.4, 0.5) is 0 Å². The number of aliphatic hydroxyl groups is 1. The fourth-order valence-electron chi connectivity index (χ4n) is 1.94. The summed E-state index contributed by atoms with van der Waals surface area (Å²) < 4.78 is 0. The molecule has 1 fully saturated rings. The third kappa shape index (κ3) is 2.91. The van der Waals surface area contributed by atoms with Gasteiger partial charge in [-0.15, -0.1) is 0 Å². The number of pyridine rings is 1. The second-order valence-electron chi connectivity index (χ2n) is 4.41. The molecular weight excluding hydrogens is 212 g/mol. The summed E-state index contributed by atoms with van der Waals surface area (Å²) in [5.74, 6) is 0. The first kappa shape index (κ1) is 10.9. The van der Waals surface area contributed by atoms with Crippen molar-refractivity contribution in [1.29, 1.82) is 0 Å². The van der Waals surface area contributed by atoms with Crippen molar-refractivity contribution in [2.45, 2.75) is 25.5 Å². The van der Waals surface area contributed by atoms with Crippen molar-refractivity contribution in [3.8, 4) is 0 Å². The van der Waals surface area contributed by atoms with E-state index >= 15 is 0 Å². The second-order valence-corrected chi connectivity index (χ2v) is 4.80. The van der Waals surface area contributed by atoms with Gasteiger partial charge in [-0.1, -0.05) is 17.7 Å². The summed E-state index contributed by atoms with van der Waals surface area (Å²) in [6.45, 7) is 4.26. The molecule has 4 heteroatoms. The van der Waals surface area contributed by atoms with Gasteiger partial charge in [0.05, 0.1) is 11.3 Å². The van der Waals surface area contributed by atoms with Crippen molar-refractivity contribution in [2.24, 2.45) is 0 Å². The van der Waals surface area contributed by atoms with Gasteiger partial charge in [0.25, 0.3) is 0 Å². The van der Waals surface area contributed by atoms with E-state index in [-0.39, 0.29) is 0 Å². The van der Waals surface area contributed by atoms with Crippen LogP contribution < -0.4 is 0 Å². The molecule has 1 N–H and O–H groups in total. The Kier molecular flexibility index (Phi) is 2.96. The summed E-state index contributed by atoms with van der Waals surface area (Å²) in [4.78, 5) is 6.42. The van der Waals surface area contributed by atoms with E-state index in [1.165, 1.54) is 0 Å². The molecule has 0 aromatic carbocycles. The molecule has 15 heavy (non-hydrogen) atoms. The zero-order valence-corrected chi connectivity index (χ0v) is 9.54. The van der Waals surface area contributed by atoms with Gasteiger partial charge in [0, 0.05) is 19.6 Å². The maximum absolute atomic E-state index is 9.81. The average Bonchev–Trinajstić information content (AvgIpc) is 2.45. The van der Waals surface area contributed by atoms with Gasteiger partial charge in [-0.3, -0.25) is 4.90 Å². The van der Waals surface area contributed by atoms with E-state index in [0.29, 0.717) is 11.7 Å². The standard InChI is InChI=1S/C11H15ClN2O/c1-11(15)5-6-14(8-11)7-9-3-2-4-10(12)13-9/h2-4,15H,5-8H2,1H3. The van der Waals surface area contributed by atoms with Crippen LogP contribution in [0.25, 0.3) is 0 Å². The van der Waals surface area contributed by atoms with E-state index in [4.69, 9.17) is 11.6 Å². The van der Waals surface area contributed by atoms with Gasteiger partial charge >= 0.3 is 0 Å². The lowest BCUT2D eigenvalue weighted by Gasteiger charge is -2.18. The average molecular weight is 227 g/mol. The van der Waals surface area contributed by atoms with Gasteiger partial charge in [0.15, 0.2) is 0 Å².